The highest BCUT2D eigenvalue weighted by Crippen LogP contribution is 2.32. The Morgan fingerprint density at radius 3 is 2.58 bits per heavy atom. The molecule has 2 aromatic rings. The molecule has 1 heterocycles. The average molecular weight is 357 g/mol. The molecule has 0 saturated carbocycles. The van der Waals surface area contributed by atoms with Crippen LogP contribution in [0.1, 0.15) is 59.8 Å². The van der Waals surface area contributed by atoms with Crippen LogP contribution in [0.2, 0.25) is 0 Å². The van der Waals surface area contributed by atoms with Crippen molar-refractivity contribution in [3.8, 4) is 11.5 Å². The summed E-state index contributed by atoms with van der Waals surface area (Å²) in [5.74, 6) is 0.0317. The number of amides is 1. The highest BCUT2D eigenvalue weighted by atomic mass is 16.3. The molecule has 6 heteroatoms. The van der Waals surface area contributed by atoms with E-state index in [2.05, 4.69) is 10.3 Å². The number of hydrogen-bond donors (Lipinski definition) is 4. The third kappa shape index (κ3) is 5.12. The molecule has 26 heavy (non-hydrogen) atoms. The van der Waals surface area contributed by atoms with E-state index in [9.17, 15) is 15.0 Å². The van der Waals surface area contributed by atoms with Crippen LogP contribution in [-0.4, -0.2) is 27.6 Å². The van der Waals surface area contributed by atoms with Crippen molar-refractivity contribution in [2.45, 2.75) is 46.0 Å². The zero-order chi connectivity index (χ0) is 19.3. The van der Waals surface area contributed by atoms with Gasteiger partial charge in [0.15, 0.2) is 0 Å². The number of carbonyl (C=O) groups is 1. The number of rotatable bonds is 7. The first-order chi connectivity index (χ1) is 12.3. The first-order valence-corrected chi connectivity index (χ1v) is 8.85. The van der Waals surface area contributed by atoms with Crippen LogP contribution in [0.5, 0.6) is 11.5 Å². The third-order valence-corrected chi connectivity index (χ3v) is 4.18. The van der Waals surface area contributed by atoms with Gasteiger partial charge in [-0.05, 0) is 61.9 Å². The molecule has 0 fully saturated rings. The molecule has 1 aromatic carbocycles. The van der Waals surface area contributed by atoms with E-state index in [1.165, 1.54) is 12.1 Å². The van der Waals surface area contributed by atoms with Gasteiger partial charge in [-0.2, -0.15) is 0 Å². The lowest BCUT2D eigenvalue weighted by Crippen LogP contribution is -2.24. The van der Waals surface area contributed by atoms with Gasteiger partial charge in [0.1, 0.15) is 17.3 Å². The van der Waals surface area contributed by atoms with Crippen molar-refractivity contribution in [3.63, 3.8) is 0 Å². The molecular weight excluding hydrogens is 330 g/mol. The van der Waals surface area contributed by atoms with E-state index >= 15 is 0 Å². The second-order valence-corrected chi connectivity index (χ2v) is 6.86. The molecule has 1 aromatic heterocycles. The maximum Gasteiger partial charge on any atom is 0.255 e. The number of carbonyl (C=O) groups excluding carboxylic acids is 1. The molecule has 6 nitrogen and oxygen atoms in total. The summed E-state index contributed by atoms with van der Waals surface area (Å²) >= 11 is 0. The number of hydrogen-bond acceptors (Lipinski definition) is 5. The first-order valence-electron chi connectivity index (χ1n) is 8.85. The predicted molar refractivity (Wildman–Crippen MR) is 103 cm³/mol. The van der Waals surface area contributed by atoms with Crippen LogP contribution in [0.4, 0.5) is 5.82 Å². The minimum atomic E-state index is -0.391. The van der Waals surface area contributed by atoms with E-state index in [0.29, 0.717) is 17.9 Å². The summed E-state index contributed by atoms with van der Waals surface area (Å²) in [6.45, 7) is 6.24. The summed E-state index contributed by atoms with van der Waals surface area (Å²) in [5.41, 5.74) is 8.42. The highest BCUT2D eigenvalue weighted by molar-refractivity contribution is 5.97. The normalized spacial score (nSPS) is 10.9. The molecule has 0 aliphatic carbocycles. The molecule has 0 aliphatic rings. The molecule has 0 unspecified atom stereocenters. The van der Waals surface area contributed by atoms with Crippen molar-refractivity contribution in [2.75, 3.05) is 12.3 Å². The number of phenolic OH excluding ortho intramolecular Hbond substituents is 2. The molecule has 5 N–H and O–H groups in total. The van der Waals surface area contributed by atoms with E-state index < -0.39 is 5.91 Å². The Morgan fingerprint density at radius 2 is 1.92 bits per heavy atom. The number of nitrogens with one attached hydrogen (secondary N) is 1. The summed E-state index contributed by atoms with van der Waals surface area (Å²) in [6, 6.07) is 6.61. The van der Waals surface area contributed by atoms with Crippen molar-refractivity contribution in [1.29, 1.82) is 0 Å². The monoisotopic (exact) mass is 357 g/mol. The Labute approximate surface area is 154 Å². The van der Waals surface area contributed by atoms with Gasteiger partial charge >= 0.3 is 0 Å². The molecule has 2 rings (SSSR count). The largest absolute Gasteiger partial charge is 0.508 e. The summed E-state index contributed by atoms with van der Waals surface area (Å²) in [5, 5.41) is 22.8. The Morgan fingerprint density at radius 1 is 1.19 bits per heavy atom. The molecule has 0 spiro atoms. The lowest BCUT2D eigenvalue weighted by Gasteiger charge is -2.13. The van der Waals surface area contributed by atoms with Gasteiger partial charge < -0.3 is 21.3 Å². The second kappa shape index (κ2) is 8.56. The van der Waals surface area contributed by atoms with Gasteiger partial charge in [-0.3, -0.25) is 4.79 Å². The van der Waals surface area contributed by atoms with E-state index in [0.717, 1.165) is 30.5 Å². The summed E-state index contributed by atoms with van der Waals surface area (Å²) in [6.07, 6.45) is 2.42. The number of phenols is 2. The van der Waals surface area contributed by atoms with E-state index in [-0.39, 0.29) is 23.0 Å². The van der Waals surface area contributed by atoms with Crippen molar-refractivity contribution >= 4 is 11.7 Å². The average Bonchev–Trinajstić information content (AvgIpc) is 2.55. The molecule has 0 radical (unpaired) electrons. The Hall–Kier alpha value is -2.76. The third-order valence-electron chi connectivity index (χ3n) is 4.18. The number of nitrogens with two attached hydrogens (primary N) is 1. The minimum Gasteiger partial charge on any atom is -0.508 e. The SMILES string of the molecule is Cc1cc(N)nc(CCCCNC(=O)c2cc(O)cc(C(C)C)c2O)c1. The highest BCUT2D eigenvalue weighted by Gasteiger charge is 2.17. The zero-order valence-electron chi connectivity index (χ0n) is 15.5. The van der Waals surface area contributed by atoms with Gasteiger partial charge in [0.05, 0.1) is 5.56 Å². The standard InChI is InChI=1S/C20H27N3O3/c1-12(2)16-10-15(24)11-17(19(16)25)20(26)22-7-5-4-6-14-8-13(3)9-18(21)23-14/h8-12,24-25H,4-7H2,1-3H3,(H2,21,23)(H,22,26). The van der Waals surface area contributed by atoms with Crippen molar-refractivity contribution < 1.29 is 15.0 Å². The van der Waals surface area contributed by atoms with Crippen LogP contribution in [0.15, 0.2) is 24.3 Å². The Balaban J connectivity index is 1.87. The lowest BCUT2D eigenvalue weighted by atomic mass is 9.98. The fraction of sp³-hybridized carbons (Fsp3) is 0.400. The number of aryl methyl sites for hydroxylation is 2. The van der Waals surface area contributed by atoms with Crippen LogP contribution in [0.3, 0.4) is 0 Å². The quantitative estimate of drug-likeness (QED) is 0.449. The van der Waals surface area contributed by atoms with Gasteiger partial charge in [-0.1, -0.05) is 13.8 Å². The number of anilines is 1. The maximum absolute atomic E-state index is 12.3. The summed E-state index contributed by atoms with van der Waals surface area (Å²) < 4.78 is 0. The molecule has 0 saturated heterocycles. The first kappa shape index (κ1) is 19.6. The summed E-state index contributed by atoms with van der Waals surface area (Å²) in [4.78, 5) is 16.6. The Kier molecular flexibility index (Phi) is 6.44. The van der Waals surface area contributed by atoms with Gasteiger partial charge in [0.25, 0.3) is 5.91 Å². The van der Waals surface area contributed by atoms with Crippen molar-refractivity contribution in [2.24, 2.45) is 0 Å². The fourth-order valence-corrected chi connectivity index (χ4v) is 2.88. The topological polar surface area (TPSA) is 108 Å². The van der Waals surface area contributed by atoms with Crippen molar-refractivity contribution in [1.82, 2.24) is 10.3 Å². The maximum atomic E-state index is 12.3. The summed E-state index contributed by atoms with van der Waals surface area (Å²) in [7, 11) is 0. The number of pyridine rings is 1. The van der Waals surface area contributed by atoms with Gasteiger partial charge in [0, 0.05) is 17.8 Å². The molecule has 1 amide bonds. The van der Waals surface area contributed by atoms with Crippen LogP contribution in [0, 0.1) is 6.92 Å². The van der Waals surface area contributed by atoms with Crippen molar-refractivity contribution in [3.05, 3.63) is 46.6 Å². The van der Waals surface area contributed by atoms with E-state index in [1.807, 2.05) is 32.9 Å². The number of benzene rings is 1. The molecule has 0 bridgehead atoms. The molecular formula is C20H27N3O3. The number of nitrogen functional groups attached to an aromatic ring is 1. The van der Waals surface area contributed by atoms with Crippen LogP contribution in [-0.2, 0) is 6.42 Å². The number of unbranched alkanes of at least 4 members (excludes halogenated alkanes) is 1. The number of aromatic hydroxyl groups is 2. The lowest BCUT2D eigenvalue weighted by molar-refractivity contribution is 0.0949. The number of nitrogens with zero attached hydrogens (tertiary/aromatic N) is 1. The van der Waals surface area contributed by atoms with Crippen LogP contribution >= 0.6 is 0 Å². The van der Waals surface area contributed by atoms with E-state index in [1.54, 1.807) is 0 Å². The predicted octanol–water partition coefficient (Wildman–Crippen LogP) is 3.26. The zero-order valence-corrected chi connectivity index (χ0v) is 15.5. The van der Waals surface area contributed by atoms with E-state index in [4.69, 9.17) is 5.73 Å². The molecule has 0 atom stereocenters. The molecule has 140 valence electrons. The Bertz CT molecular complexity index is 768. The van der Waals surface area contributed by atoms with Gasteiger partial charge in [0.2, 0.25) is 0 Å². The van der Waals surface area contributed by atoms with Crippen LogP contribution < -0.4 is 11.1 Å². The minimum absolute atomic E-state index is 0.00270. The fourth-order valence-electron chi connectivity index (χ4n) is 2.88. The van der Waals surface area contributed by atoms with Crippen LogP contribution in [0.25, 0.3) is 0 Å². The van der Waals surface area contributed by atoms with Gasteiger partial charge in [-0.15, -0.1) is 0 Å². The smallest absolute Gasteiger partial charge is 0.255 e. The number of aromatic nitrogens is 1. The van der Waals surface area contributed by atoms with Gasteiger partial charge in [-0.25, -0.2) is 4.98 Å². The second-order valence-electron chi connectivity index (χ2n) is 6.86. The molecule has 0 aliphatic heterocycles.